The number of amides is 2. The molecule has 2 rings (SSSR count). The maximum absolute atomic E-state index is 12.1. The van der Waals surface area contributed by atoms with Crippen LogP contribution in [-0.2, 0) is 14.3 Å². The second-order valence-electron chi connectivity index (χ2n) is 6.23. The van der Waals surface area contributed by atoms with Crippen LogP contribution >= 0.6 is 0 Å². The molecule has 1 saturated heterocycles. The number of hydrogen-bond acceptors (Lipinski definition) is 5. The Morgan fingerprint density at radius 2 is 1.89 bits per heavy atom. The van der Waals surface area contributed by atoms with Crippen LogP contribution in [0.1, 0.15) is 12.8 Å². The van der Waals surface area contributed by atoms with E-state index < -0.39 is 12.3 Å². The van der Waals surface area contributed by atoms with Gasteiger partial charge in [0.2, 0.25) is 11.8 Å². The molecule has 150 valence electrons. The maximum Gasteiger partial charge on any atom is 0.573 e. The van der Waals surface area contributed by atoms with Gasteiger partial charge in [0.05, 0.1) is 19.2 Å². The first-order valence-electron chi connectivity index (χ1n) is 8.44. The molecule has 0 aliphatic carbocycles. The van der Waals surface area contributed by atoms with Crippen LogP contribution in [0.15, 0.2) is 24.3 Å². The zero-order chi connectivity index (χ0) is 19.9. The zero-order valence-electron chi connectivity index (χ0n) is 14.8. The Morgan fingerprint density at radius 1 is 1.22 bits per heavy atom. The second-order valence-corrected chi connectivity index (χ2v) is 6.23. The maximum atomic E-state index is 12.1. The molecule has 27 heavy (non-hydrogen) atoms. The molecule has 7 nitrogen and oxygen atoms in total. The molecule has 1 aromatic carbocycles. The number of ether oxygens (including phenoxy) is 2. The summed E-state index contributed by atoms with van der Waals surface area (Å²) in [5.41, 5.74) is 0.325. The highest BCUT2D eigenvalue weighted by atomic mass is 19.4. The van der Waals surface area contributed by atoms with E-state index in [2.05, 4.69) is 15.4 Å². The van der Waals surface area contributed by atoms with Gasteiger partial charge >= 0.3 is 6.36 Å². The van der Waals surface area contributed by atoms with Gasteiger partial charge in [-0.2, -0.15) is 0 Å². The molecule has 10 heteroatoms. The fourth-order valence-electron chi connectivity index (χ4n) is 2.58. The van der Waals surface area contributed by atoms with E-state index >= 15 is 0 Å². The molecular weight excluding hydrogens is 367 g/mol. The van der Waals surface area contributed by atoms with Crippen molar-refractivity contribution in [2.75, 3.05) is 38.6 Å². The van der Waals surface area contributed by atoms with E-state index in [0.29, 0.717) is 18.8 Å². The minimum atomic E-state index is -4.77. The monoisotopic (exact) mass is 389 g/mol. The molecule has 1 fully saturated rings. The summed E-state index contributed by atoms with van der Waals surface area (Å²) in [5.74, 6) is -0.983. The van der Waals surface area contributed by atoms with Gasteiger partial charge in [-0.15, -0.1) is 13.2 Å². The molecule has 1 atom stereocenters. The van der Waals surface area contributed by atoms with Crippen molar-refractivity contribution < 1.29 is 32.2 Å². The summed E-state index contributed by atoms with van der Waals surface area (Å²) in [5, 5.41) is 5.30. The summed E-state index contributed by atoms with van der Waals surface area (Å²) in [6, 6.07) is 4.80. The van der Waals surface area contributed by atoms with Gasteiger partial charge < -0.3 is 20.1 Å². The third kappa shape index (κ3) is 8.27. The van der Waals surface area contributed by atoms with Gasteiger partial charge in [0.1, 0.15) is 5.75 Å². The largest absolute Gasteiger partial charge is 0.573 e. The van der Waals surface area contributed by atoms with Crippen molar-refractivity contribution in [3.63, 3.8) is 0 Å². The van der Waals surface area contributed by atoms with Crippen LogP contribution in [0.4, 0.5) is 18.9 Å². The molecule has 0 unspecified atom stereocenters. The minimum Gasteiger partial charge on any atom is -0.406 e. The Kier molecular flexibility index (Phi) is 7.43. The molecule has 0 radical (unpaired) electrons. The van der Waals surface area contributed by atoms with Gasteiger partial charge in [-0.05, 0) is 44.2 Å². The van der Waals surface area contributed by atoms with Gasteiger partial charge in [-0.3, -0.25) is 14.5 Å². The van der Waals surface area contributed by atoms with Crippen molar-refractivity contribution in [2.45, 2.75) is 25.3 Å². The Morgan fingerprint density at radius 3 is 2.48 bits per heavy atom. The summed E-state index contributed by atoms with van der Waals surface area (Å²) in [6.45, 7) is 1.15. The van der Waals surface area contributed by atoms with E-state index in [4.69, 9.17) is 4.74 Å². The van der Waals surface area contributed by atoms with Crippen LogP contribution < -0.4 is 15.4 Å². The SMILES string of the molecule is CN(CC(=O)NC[C@@H]1CCCO1)CC(=O)Nc1ccc(OC(F)(F)F)cc1. The minimum absolute atomic E-state index is 0.0402. The Balaban J connectivity index is 1.70. The predicted molar refractivity (Wildman–Crippen MR) is 91.2 cm³/mol. The molecular formula is C17H22F3N3O4. The number of rotatable bonds is 8. The van der Waals surface area contributed by atoms with Crippen LogP contribution in [0.5, 0.6) is 5.75 Å². The van der Waals surface area contributed by atoms with Crippen molar-refractivity contribution in [1.82, 2.24) is 10.2 Å². The molecule has 0 spiro atoms. The van der Waals surface area contributed by atoms with Crippen molar-refractivity contribution >= 4 is 17.5 Å². The van der Waals surface area contributed by atoms with Crippen molar-refractivity contribution in [3.8, 4) is 5.75 Å². The van der Waals surface area contributed by atoms with Crippen LogP contribution in [0.3, 0.4) is 0 Å². The van der Waals surface area contributed by atoms with Gasteiger partial charge in [-0.1, -0.05) is 0 Å². The summed E-state index contributed by atoms with van der Waals surface area (Å²) in [7, 11) is 1.62. The van der Waals surface area contributed by atoms with Gasteiger partial charge in [0, 0.05) is 18.8 Å². The Bertz CT molecular complexity index is 631. The number of nitrogens with one attached hydrogen (secondary N) is 2. The molecule has 1 heterocycles. The first kappa shape index (κ1) is 21.0. The van der Waals surface area contributed by atoms with Crippen molar-refractivity contribution in [3.05, 3.63) is 24.3 Å². The number of nitrogens with zero attached hydrogens (tertiary/aromatic N) is 1. The van der Waals surface area contributed by atoms with E-state index in [0.717, 1.165) is 25.0 Å². The highest BCUT2D eigenvalue weighted by Crippen LogP contribution is 2.23. The van der Waals surface area contributed by atoms with Crippen LogP contribution in [0, 0.1) is 0 Å². The number of hydrogen-bond donors (Lipinski definition) is 2. The molecule has 1 aliphatic rings. The quantitative estimate of drug-likeness (QED) is 0.708. The van der Waals surface area contributed by atoms with E-state index in [-0.39, 0.29) is 30.9 Å². The lowest BCUT2D eigenvalue weighted by atomic mass is 10.2. The van der Waals surface area contributed by atoms with Gasteiger partial charge in [0.25, 0.3) is 0 Å². The first-order valence-corrected chi connectivity index (χ1v) is 8.44. The summed E-state index contributed by atoms with van der Waals surface area (Å²) in [6.07, 6.45) is -2.81. The summed E-state index contributed by atoms with van der Waals surface area (Å²) >= 11 is 0. The molecule has 0 bridgehead atoms. The summed E-state index contributed by atoms with van der Waals surface area (Å²) < 4.78 is 45.5. The Labute approximate surface area is 154 Å². The lowest BCUT2D eigenvalue weighted by Gasteiger charge is -2.17. The molecule has 1 aliphatic heterocycles. The third-order valence-corrected chi connectivity index (χ3v) is 3.75. The van der Waals surface area contributed by atoms with E-state index in [1.807, 2.05) is 0 Å². The number of alkyl halides is 3. The number of benzene rings is 1. The fraction of sp³-hybridized carbons (Fsp3) is 0.529. The fourth-order valence-corrected chi connectivity index (χ4v) is 2.58. The van der Waals surface area contributed by atoms with Gasteiger partial charge in [0.15, 0.2) is 0 Å². The topological polar surface area (TPSA) is 79.9 Å². The average Bonchev–Trinajstić information content (AvgIpc) is 3.06. The summed E-state index contributed by atoms with van der Waals surface area (Å²) in [4.78, 5) is 25.4. The van der Waals surface area contributed by atoms with Crippen LogP contribution in [-0.4, -0.2) is 62.5 Å². The average molecular weight is 389 g/mol. The highest BCUT2D eigenvalue weighted by Gasteiger charge is 2.31. The highest BCUT2D eigenvalue weighted by molar-refractivity contribution is 5.92. The number of anilines is 1. The molecule has 2 N–H and O–H groups in total. The standard InChI is InChI=1S/C17H22F3N3O4/c1-23(10-15(24)21-9-14-3-2-8-26-14)11-16(25)22-12-4-6-13(7-5-12)27-17(18,19)20/h4-7,14H,2-3,8-11H2,1H3,(H,21,24)(H,22,25)/t14-/m0/s1. The smallest absolute Gasteiger partial charge is 0.406 e. The third-order valence-electron chi connectivity index (χ3n) is 3.75. The Hall–Kier alpha value is -2.33. The molecule has 2 amide bonds. The second kappa shape index (κ2) is 9.56. The van der Waals surface area contributed by atoms with Gasteiger partial charge in [-0.25, -0.2) is 0 Å². The number of likely N-dealkylation sites (N-methyl/N-ethyl adjacent to an activating group) is 1. The zero-order valence-corrected chi connectivity index (χ0v) is 14.8. The van der Waals surface area contributed by atoms with E-state index in [9.17, 15) is 22.8 Å². The lowest BCUT2D eigenvalue weighted by molar-refractivity contribution is -0.274. The van der Waals surface area contributed by atoms with Crippen molar-refractivity contribution in [1.29, 1.82) is 0 Å². The number of carbonyl (C=O) groups is 2. The molecule has 0 aromatic heterocycles. The van der Waals surface area contributed by atoms with Crippen LogP contribution in [0.2, 0.25) is 0 Å². The first-order chi connectivity index (χ1) is 12.7. The normalized spacial score (nSPS) is 17.0. The molecule has 0 saturated carbocycles. The lowest BCUT2D eigenvalue weighted by Crippen LogP contribution is -2.41. The van der Waals surface area contributed by atoms with Crippen molar-refractivity contribution in [2.24, 2.45) is 0 Å². The van der Waals surface area contributed by atoms with E-state index in [1.54, 1.807) is 7.05 Å². The van der Waals surface area contributed by atoms with E-state index in [1.165, 1.54) is 17.0 Å². The predicted octanol–water partition coefficient (Wildman–Crippen LogP) is 1.75. The molecule has 1 aromatic rings. The van der Waals surface area contributed by atoms with Crippen LogP contribution in [0.25, 0.3) is 0 Å². The number of halogens is 3. The number of carbonyl (C=O) groups excluding carboxylic acids is 2.